The first-order chi connectivity index (χ1) is 14.9. The van der Waals surface area contributed by atoms with Crippen LogP contribution in [-0.2, 0) is 23.0 Å². The summed E-state index contributed by atoms with van der Waals surface area (Å²) in [5, 5.41) is 12.0. The quantitative estimate of drug-likeness (QED) is 0.552. The first-order valence-corrected chi connectivity index (χ1v) is 11.3. The Morgan fingerprint density at radius 3 is 2.94 bits per heavy atom. The van der Waals surface area contributed by atoms with Crippen molar-refractivity contribution in [3.8, 4) is 0 Å². The number of nitrogens with one attached hydrogen (secondary N) is 1. The molecule has 31 heavy (non-hydrogen) atoms. The number of nitrogens with zero attached hydrogens (tertiary/aromatic N) is 5. The molecule has 4 heterocycles. The van der Waals surface area contributed by atoms with E-state index >= 15 is 0 Å². The van der Waals surface area contributed by atoms with Crippen molar-refractivity contribution in [1.82, 2.24) is 29.5 Å². The molecule has 10 heteroatoms. The van der Waals surface area contributed by atoms with Crippen LogP contribution in [0.3, 0.4) is 0 Å². The Labute approximate surface area is 184 Å². The Morgan fingerprint density at radius 1 is 1.32 bits per heavy atom. The number of hydrogen-bond donors (Lipinski definition) is 1. The first-order valence-electron chi connectivity index (χ1n) is 10.3. The third-order valence-corrected chi connectivity index (χ3v) is 6.43. The molecule has 1 saturated heterocycles. The number of aryl methyl sites for hydroxylation is 2. The molecule has 1 aliphatic rings. The second-order valence-electron chi connectivity index (χ2n) is 7.78. The summed E-state index contributed by atoms with van der Waals surface area (Å²) in [6, 6.07) is 3.78. The summed E-state index contributed by atoms with van der Waals surface area (Å²) in [6.07, 6.45) is 4.27. The van der Waals surface area contributed by atoms with E-state index in [4.69, 9.17) is 4.74 Å². The summed E-state index contributed by atoms with van der Waals surface area (Å²) in [7, 11) is 1.84. The SMILES string of the molecule is Cc1ccc2nc(C)c(Cc3nnc(SCC(=O)NC[C@@H]4CCCO4)n3C)c(=O)n2c1. The zero-order valence-electron chi connectivity index (χ0n) is 17.9. The molecule has 0 spiro atoms. The summed E-state index contributed by atoms with van der Waals surface area (Å²) in [6.45, 7) is 5.09. The number of carbonyl (C=O) groups excluding carboxylic acids is 1. The average molecular weight is 443 g/mol. The van der Waals surface area contributed by atoms with Crippen LogP contribution < -0.4 is 10.9 Å². The van der Waals surface area contributed by atoms with Gasteiger partial charge in [-0.3, -0.25) is 14.0 Å². The van der Waals surface area contributed by atoms with Gasteiger partial charge < -0.3 is 14.6 Å². The number of fused-ring (bicyclic) bond motifs is 1. The Balaban J connectivity index is 1.44. The lowest BCUT2D eigenvalue weighted by Gasteiger charge is -2.10. The zero-order valence-corrected chi connectivity index (χ0v) is 18.7. The van der Waals surface area contributed by atoms with E-state index in [-0.39, 0.29) is 23.3 Å². The van der Waals surface area contributed by atoms with Crippen molar-refractivity contribution in [2.75, 3.05) is 18.9 Å². The summed E-state index contributed by atoms with van der Waals surface area (Å²) < 4.78 is 8.91. The number of aromatic nitrogens is 5. The van der Waals surface area contributed by atoms with E-state index in [2.05, 4.69) is 20.5 Å². The predicted octanol–water partition coefficient (Wildman–Crippen LogP) is 1.42. The van der Waals surface area contributed by atoms with Gasteiger partial charge in [0, 0.05) is 44.1 Å². The van der Waals surface area contributed by atoms with Gasteiger partial charge in [0.15, 0.2) is 5.16 Å². The highest BCUT2D eigenvalue weighted by Gasteiger charge is 2.18. The van der Waals surface area contributed by atoms with Crippen molar-refractivity contribution in [2.24, 2.45) is 7.05 Å². The number of ether oxygens (including phenoxy) is 1. The molecule has 0 unspecified atom stereocenters. The fourth-order valence-corrected chi connectivity index (χ4v) is 4.35. The Morgan fingerprint density at radius 2 is 2.16 bits per heavy atom. The van der Waals surface area contributed by atoms with Crippen LogP contribution in [0.1, 0.15) is 35.5 Å². The number of thioether (sulfide) groups is 1. The zero-order chi connectivity index (χ0) is 22.0. The van der Waals surface area contributed by atoms with Gasteiger partial charge in [0.1, 0.15) is 11.5 Å². The van der Waals surface area contributed by atoms with Crippen LogP contribution in [0.25, 0.3) is 5.65 Å². The van der Waals surface area contributed by atoms with Gasteiger partial charge in [0.05, 0.1) is 11.9 Å². The predicted molar refractivity (Wildman–Crippen MR) is 117 cm³/mol. The highest BCUT2D eigenvalue weighted by Crippen LogP contribution is 2.18. The van der Waals surface area contributed by atoms with Gasteiger partial charge in [-0.2, -0.15) is 0 Å². The summed E-state index contributed by atoms with van der Waals surface area (Å²) in [4.78, 5) is 29.7. The Hall–Kier alpha value is -2.72. The van der Waals surface area contributed by atoms with E-state index in [0.717, 1.165) is 25.0 Å². The molecule has 4 rings (SSSR count). The molecule has 1 fully saturated rings. The Bertz CT molecular complexity index is 1170. The number of carbonyl (C=O) groups is 1. The molecule has 0 bridgehead atoms. The highest BCUT2D eigenvalue weighted by atomic mass is 32.2. The molecule has 0 aliphatic carbocycles. The van der Waals surface area contributed by atoms with E-state index in [9.17, 15) is 9.59 Å². The summed E-state index contributed by atoms with van der Waals surface area (Å²) in [5.74, 6) is 0.835. The van der Waals surface area contributed by atoms with Gasteiger partial charge in [-0.05, 0) is 38.3 Å². The van der Waals surface area contributed by atoms with Crippen molar-refractivity contribution in [3.63, 3.8) is 0 Å². The fourth-order valence-electron chi connectivity index (χ4n) is 3.59. The molecule has 0 aromatic carbocycles. The standard InChI is InChI=1S/C21H26N6O3S/c1-13-6-7-17-23-14(2)16(20(29)27(17)11-13)9-18-24-25-21(26(18)3)31-12-19(28)22-10-15-5-4-8-30-15/h6-7,11,15H,4-5,8-10,12H2,1-3H3,(H,22,28)/t15-/m0/s1. The topological polar surface area (TPSA) is 103 Å². The normalized spacial score (nSPS) is 16.2. The maximum Gasteiger partial charge on any atom is 0.261 e. The van der Waals surface area contributed by atoms with Crippen LogP contribution >= 0.6 is 11.8 Å². The molecule has 164 valence electrons. The summed E-state index contributed by atoms with van der Waals surface area (Å²) >= 11 is 1.32. The third kappa shape index (κ3) is 4.80. The molecule has 3 aromatic rings. The lowest BCUT2D eigenvalue weighted by Crippen LogP contribution is -2.32. The lowest BCUT2D eigenvalue weighted by molar-refractivity contribution is -0.119. The molecule has 9 nitrogen and oxygen atoms in total. The summed E-state index contributed by atoms with van der Waals surface area (Å²) in [5.41, 5.74) is 2.78. The van der Waals surface area contributed by atoms with Crippen LogP contribution in [0.5, 0.6) is 0 Å². The van der Waals surface area contributed by atoms with Crippen LogP contribution in [-0.4, -0.2) is 55.1 Å². The van der Waals surface area contributed by atoms with Gasteiger partial charge in [-0.1, -0.05) is 17.8 Å². The van der Waals surface area contributed by atoms with Gasteiger partial charge in [-0.15, -0.1) is 10.2 Å². The second-order valence-corrected chi connectivity index (χ2v) is 8.72. The smallest absolute Gasteiger partial charge is 0.261 e. The van der Waals surface area contributed by atoms with E-state index in [1.807, 2.05) is 37.6 Å². The molecule has 1 N–H and O–H groups in total. The second kappa shape index (κ2) is 9.19. The lowest BCUT2D eigenvalue weighted by atomic mass is 10.1. The third-order valence-electron chi connectivity index (χ3n) is 5.41. The van der Waals surface area contributed by atoms with E-state index in [0.29, 0.717) is 40.9 Å². The molecule has 1 amide bonds. The monoisotopic (exact) mass is 442 g/mol. The number of rotatable bonds is 7. The van der Waals surface area contributed by atoms with Crippen molar-refractivity contribution < 1.29 is 9.53 Å². The molecular weight excluding hydrogens is 416 g/mol. The first kappa shape index (κ1) is 21.5. The minimum Gasteiger partial charge on any atom is -0.376 e. The molecule has 0 saturated carbocycles. The highest BCUT2D eigenvalue weighted by molar-refractivity contribution is 7.99. The van der Waals surface area contributed by atoms with Crippen LogP contribution in [0.2, 0.25) is 0 Å². The minimum atomic E-state index is -0.100. The van der Waals surface area contributed by atoms with Crippen molar-refractivity contribution >= 4 is 23.3 Å². The molecule has 3 aromatic heterocycles. The largest absolute Gasteiger partial charge is 0.376 e. The van der Waals surface area contributed by atoms with E-state index < -0.39 is 0 Å². The van der Waals surface area contributed by atoms with Crippen LogP contribution in [0.15, 0.2) is 28.3 Å². The average Bonchev–Trinajstić information content (AvgIpc) is 3.39. The van der Waals surface area contributed by atoms with Crippen LogP contribution in [0.4, 0.5) is 0 Å². The number of pyridine rings is 1. The van der Waals surface area contributed by atoms with E-state index in [1.165, 1.54) is 11.8 Å². The Kier molecular flexibility index (Phi) is 6.38. The molecule has 1 atom stereocenters. The molecule has 1 aliphatic heterocycles. The maximum absolute atomic E-state index is 13.0. The number of hydrogen-bond acceptors (Lipinski definition) is 7. The minimum absolute atomic E-state index is 0.0618. The maximum atomic E-state index is 13.0. The molecular formula is C21H26N6O3S. The van der Waals surface area contributed by atoms with E-state index in [1.54, 1.807) is 10.6 Å². The van der Waals surface area contributed by atoms with Gasteiger partial charge >= 0.3 is 0 Å². The fraction of sp³-hybridized carbons (Fsp3) is 0.476. The number of amides is 1. The van der Waals surface area contributed by atoms with Gasteiger partial charge in [-0.25, -0.2) is 4.98 Å². The van der Waals surface area contributed by atoms with Gasteiger partial charge in [0.25, 0.3) is 5.56 Å². The van der Waals surface area contributed by atoms with Crippen molar-refractivity contribution in [3.05, 3.63) is 51.3 Å². The molecule has 0 radical (unpaired) electrons. The van der Waals surface area contributed by atoms with Crippen molar-refractivity contribution in [2.45, 2.75) is 44.4 Å². The van der Waals surface area contributed by atoms with Gasteiger partial charge in [0.2, 0.25) is 5.91 Å². The van der Waals surface area contributed by atoms with Crippen LogP contribution in [0, 0.1) is 13.8 Å². The van der Waals surface area contributed by atoms with Crippen molar-refractivity contribution in [1.29, 1.82) is 0 Å².